The maximum Gasteiger partial charge on any atom is 0.251 e. The zero-order valence-electron chi connectivity index (χ0n) is 10.9. The van der Waals surface area contributed by atoms with Crippen LogP contribution in [-0.2, 0) is 0 Å². The fourth-order valence-corrected chi connectivity index (χ4v) is 2.17. The van der Waals surface area contributed by atoms with Gasteiger partial charge in [-0.25, -0.2) is 0 Å². The van der Waals surface area contributed by atoms with Crippen LogP contribution in [0.25, 0.3) is 10.8 Å². The highest BCUT2D eigenvalue weighted by Crippen LogP contribution is 2.18. The average Bonchev–Trinajstić information content (AvgIpc) is 3.27. The molecule has 0 aliphatic heterocycles. The van der Waals surface area contributed by atoms with Gasteiger partial charge in [-0.3, -0.25) is 4.79 Å². The van der Waals surface area contributed by atoms with E-state index in [0.717, 1.165) is 22.9 Å². The summed E-state index contributed by atoms with van der Waals surface area (Å²) in [6, 6.07) is 14.6. The number of hydrogen-bond donors (Lipinski definition) is 2. The first kappa shape index (κ1) is 12.2. The Balaban J connectivity index is 1.60. The number of nitrogens with one attached hydrogen (secondary N) is 2. The molecule has 19 heavy (non-hydrogen) atoms. The van der Waals surface area contributed by atoms with E-state index in [1.165, 1.54) is 12.8 Å². The lowest BCUT2D eigenvalue weighted by Gasteiger charge is -2.07. The molecule has 0 unspecified atom stereocenters. The van der Waals surface area contributed by atoms with Crippen LogP contribution in [0.2, 0.25) is 0 Å². The van der Waals surface area contributed by atoms with E-state index in [4.69, 9.17) is 0 Å². The second-order valence-corrected chi connectivity index (χ2v) is 5.05. The van der Waals surface area contributed by atoms with Gasteiger partial charge in [0.15, 0.2) is 0 Å². The van der Waals surface area contributed by atoms with Crippen molar-refractivity contribution in [3.05, 3.63) is 48.0 Å². The summed E-state index contributed by atoms with van der Waals surface area (Å²) in [6.45, 7) is 1.53. The molecule has 3 heteroatoms. The Kier molecular flexibility index (Phi) is 3.47. The van der Waals surface area contributed by atoms with Gasteiger partial charge in [-0.15, -0.1) is 0 Å². The molecule has 0 atom stereocenters. The summed E-state index contributed by atoms with van der Waals surface area (Å²) in [5.41, 5.74) is 0.727. The summed E-state index contributed by atoms with van der Waals surface area (Å²) in [4.78, 5) is 12.0. The predicted octanol–water partition coefficient (Wildman–Crippen LogP) is 2.32. The van der Waals surface area contributed by atoms with Gasteiger partial charge in [0.2, 0.25) is 0 Å². The van der Waals surface area contributed by atoms with Crippen LogP contribution < -0.4 is 10.6 Å². The van der Waals surface area contributed by atoms with E-state index in [-0.39, 0.29) is 5.91 Å². The third-order valence-electron chi connectivity index (χ3n) is 3.43. The van der Waals surface area contributed by atoms with Crippen molar-refractivity contribution in [2.24, 2.45) is 0 Å². The van der Waals surface area contributed by atoms with Crippen LogP contribution in [0.5, 0.6) is 0 Å². The van der Waals surface area contributed by atoms with Gasteiger partial charge in [0.05, 0.1) is 0 Å². The van der Waals surface area contributed by atoms with Gasteiger partial charge in [-0.2, -0.15) is 0 Å². The van der Waals surface area contributed by atoms with Crippen LogP contribution in [0.1, 0.15) is 23.2 Å². The summed E-state index contributed by atoms with van der Waals surface area (Å²) in [5.74, 6) is 0.00310. The van der Waals surface area contributed by atoms with Crippen LogP contribution >= 0.6 is 0 Å². The number of benzene rings is 2. The molecule has 1 saturated carbocycles. The zero-order chi connectivity index (χ0) is 13.1. The lowest BCUT2D eigenvalue weighted by atomic mass is 10.1. The summed E-state index contributed by atoms with van der Waals surface area (Å²) >= 11 is 0. The van der Waals surface area contributed by atoms with Crippen molar-refractivity contribution in [1.82, 2.24) is 10.6 Å². The number of hydrogen-bond acceptors (Lipinski definition) is 2. The Morgan fingerprint density at radius 1 is 1.05 bits per heavy atom. The van der Waals surface area contributed by atoms with E-state index in [1.807, 2.05) is 36.4 Å². The first-order chi connectivity index (χ1) is 9.33. The van der Waals surface area contributed by atoms with Crippen LogP contribution in [-0.4, -0.2) is 25.0 Å². The van der Waals surface area contributed by atoms with Crippen molar-refractivity contribution in [2.75, 3.05) is 13.1 Å². The normalized spacial score (nSPS) is 14.5. The molecule has 2 aromatic carbocycles. The number of carbonyl (C=O) groups excluding carboxylic acids is 1. The SMILES string of the molecule is O=C(NCCNC1CC1)c1ccc2ccccc2c1. The zero-order valence-corrected chi connectivity index (χ0v) is 10.9. The molecule has 1 amide bonds. The highest BCUT2D eigenvalue weighted by Gasteiger charge is 2.19. The molecule has 3 rings (SSSR count). The van der Waals surface area contributed by atoms with Gasteiger partial charge in [0.1, 0.15) is 0 Å². The van der Waals surface area contributed by atoms with Gasteiger partial charge in [-0.1, -0.05) is 30.3 Å². The smallest absolute Gasteiger partial charge is 0.251 e. The molecule has 0 radical (unpaired) electrons. The second kappa shape index (κ2) is 5.41. The van der Waals surface area contributed by atoms with Crippen molar-refractivity contribution in [3.8, 4) is 0 Å². The standard InChI is InChI=1S/C16H18N2O/c19-16(18-10-9-17-15-7-8-15)14-6-5-12-3-1-2-4-13(12)11-14/h1-6,11,15,17H,7-10H2,(H,18,19). The van der Waals surface area contributed by atoms with E-state index in [2.05, 4.69) is 16.7 Å². The lowest BCUT2D eigenvalue weighted by Crippen LogP contribution is -2.32. The summed E-state index contributed by atoms with van der Waals surface area (Å²) < 4.78 is 0. The summed E-state index contributed by atoms with van der Waals surface area (Å²) in [7, 11) is 0. The molecule has 2 N–H and O–H groups in total. The molecule has 0 bridgehead atoms. The maximum absolute atomic E-state index is 12.0. The highest BCUT2D eigenvalue weighted by molar-refractivity contribution is 5.98. The van der Waals surface area contributed by atoms with Crippen LogP contribution in [0.15, 0.2) is 42.5 Å². The van der Waals surface area contributed by atoms with E-state index >= 15 is 0 Å². The molecular weight excluding hydrogens is 236 g/mol. The Morgan fingerprint density at radius 3 is 2.63 bits per heavy atom. The molecule has 0 heterocycles. The van der Waals surface area contributed by atoms with E-state index in [9.17, 15) is 4.79 Å². The van der Waals surface area contributed by atoms with E-state index in [1.54, 1.807) is 0 Å². The van der Waals surface area contributed by atoms with Gasteiger partial charge in [0, 0.05) is 24.7 Å². The van der Waals surface area contributed by atoms with Crippen LogP contribution in [0, 0.1) is 0 Å². The first-order valence-electron chi connectivity index (χ1n) is 6.83. The predicted molar refractivity (Wildman–Crippen MR) is 77.3 cm³/mol. The first-order valence-corrected chi connectivity index (χ1v) is 6.83. The van der Waals surface area contributed by atoms with Crippen molar-refractivity contribution >= 4 is 16.7 Å². The molecule has 1 aliphatic carbocycles. The monoisotopic (exact) mass is 254 g/mol. The minimum absolute atomic E-state index is 0.00310. The summed E-state index contributed by atoms with van der Waals surface area (Å²) in [6.07, 6.45) is 2.55. The Morgan fingerprint density at radius 2 is 1.84 bits per heavy atom. The lowest BCUT2D eigenvalue weighted by molar-refractivity contribution is 0.0954. The van der Waals surface area contributed by atoms with Gasteiger partial charge < -0.3 is 10.6 Å². The number of amides is 1. The van der Waals surface area contributed by atoms with Crippen LogP contribution in [0.3, 0.4) is 0 Å². The molecule has 0 saturated heterocycles. The average molecular weight is 254 g/mol. The molecule has 1 aliphatic rings. The van der Waals surface area contributed by atoms with Gasteiger partial charge in [-0.05, 0) is 35.7 Å². The van der Waals surface area contributed by atoms with Crippen molar-refractivity contribution in [2.45, 2.75) is 18.9 Å². The third-order valence-corrected chi connectivity index (χ3v) is 3.43. The van der Waals surface area contributed by atoms with E-state index < -0.39 is 0 Å². The Hall–Kier alpha value is -1.87. The molecule has 3 nitrogen and oxygen atoms in total. The molecule has 1 fully saturated rings. The fourth-order valence-electron chi connectivity index (χ4n) is 2.17. The Labute approximate surface area is 113 Å². The second-order valence-electron chi connectivity index (χ2n) is 5.05. The quantitative estimate of drug-likeness (QED) is 0.804. The molecule has 98 valence electrons. The van der Waals surface area contributed by atoms with Gasteiger partial charge >= 0.3 is 0 Å². The molecule has 0 spiro atoms. The maximum atomic E-state index is 12.0. The summed E-state index contributed by atoms with van der Waals surface area (Å²) in [5, 5.41) is 8.59. The topological polar surface area (TPSA) is 41.1 Å². The molecule has 2 aromatic rings. The van der Waals surface area contributed by atoms with Crippen molar-refractivity contribution in [1.29, 1.82) is 0 Å². The number of carbonyl (C=O) groups is 1. The minimum atomic E-state index is 0.00310. The fraction of sp³-hybridized carbons (Fsp3) is 0.312. The van der Waals surface area contributed by atoms with Crippen molar-refractivity contribution < 1.29 is 4.79 Å². The Bertz CT molecular complexity index is 590. The highest BCUT2D eigenvalue weighted by atomic mass is 16.1. The van der Waals surface area contributed by atoms with Crippen LogP contribution in [0.4, 0.5) is 0 Å². The number of rotatable bonds is 5. The number of fused-ring (bicyclic) bond motifs is 1. The van der Waals surface area contributed by atoms with Crippen molar-refractivity contribution in [3.63, 3.8) is 0 Å². The molecular formula is C16H18N2O. The largest absolute Gasteiger partial charge is 0.351 e. The van der Waals surface area contributed by atoms with E-state index in [0.29, 0.717) is 12.6 Å². The van der Waals surface area contributed by atoms with Gasteiger partial charge in [0.25, 0.3) is 5.91 Å². The third kappa shape index (κ3) is 3.12. The minimum Gasteiger partial charge on any atom is -0.351 e. The molecule has 0 aromatic heterocycles.